The average Bonchev–Trinajstić information content (AvgIpc) is 2.36. The van der Waals surface area contributed by atoms with Crippen LogP contribution in [0.15, 0.2) is 0 Å². The molecule has 2 heteroatoms. The van der Waals surface area contributed by atoms with Crippen LogP contribution in [0.2, 0.25) is 0 Å². The second-order valence-electron chi connectivity index (χ2n) is 7.18. The third kappa shape index (κ3) is 2.29. The zero-order valence-electron chi connectivity index (χ0n) is 12.0. The van der Waals surface area contributed by atoms with E-state index in [0.29, 0.717) is 0 Å². The highest BCUT2D eigenvalue weighted by Crippen LogP contribution is 2.60. The zero-order chi connectivity index (χ0) is 13.5. The summed E-state index contributed by atoms with van der Waals surface area (Å²) in [5.41, 5.74) is -0.0579. The standard InChI is InChI=1S/C17H25NO/c1-3-5-15(4-2)18-16(19)17-9-12-6-13(10-17)8-14(7-12)11-17/h2,12-15H,3,5-11H2,1H3,(H,18,19). The summed E-state index contributed by atoms with van der Waals surface area (Å²) in [4.78, 5) is 12.7. The maximum atomic E-state index is 12.7. The highest BCUT2D eigenvalue weighted by molar-refractivity contribution is 5.83. The Bertz CT molecular complexity index is 371. The highest BCUT2D eigenvalue weighted by Gasteiger charge is 2.54. The van der Waals surface area contributed by atoms with Gasteiger partial charge in [0.1, 0.15) is 0 Å². The molecule has 0 saturated heterocycles. The minimum atomic E-state index is -0.0643. The van der Waals surface area contributed by atoms with Crippen LogP contribution in [0.4, 0.5) is 0 Å². The number of amides is 1. The van der Waals surface area contributed by atoms with Gasteiger partial charge in [0.15, 0.2) is 0 Å². The number of hydrogen-bond donors (Lipinski definition) is 1. The van der Waals surface area contributed by atoms with Gasteiger partial charge in [-0.2, -0.15) is 0 Å². The molecule has 4 fully saturated rings. The van der Waals surface area contributed by atoms with Crippen molar-refractivity contribution in [1.29, 1.82) is 0 Å². The number of terminal acetylenes is 1. The Hall–Kier alpha value is -0.970. The lowest BCUT2D eigenvalue weighted by atomic mass is 9.49. The van der Waals surface area contributed by atoms with Crippen LogP contribution in [-0.2, 0) is 4.79 Å². The average molecular weight is 259 g/mol. The summed E-state index contributed by atoms with van der Waals surface area (Å²) in [6.45, 7) is 2.11. The zero-order valence-corrected chi connectivity index (χ0v) is 12.0. The molecule has 0 aromatic heterocycles. The lowest BCUT2D eigenvalue weighted by molar-refractivity contribution is -0.146. The Morgan fingerprint density at radius 2 is 1.79 bits per heavy atom. The third-order valence-corrected chi connectivity index (χ3v) is 5.60. The molecule has 1 N–H and O–H groups in total. The molecule has 0 radical (unpaired) electrons. The first-order chi connectivity index (χ1) is 9.15. The second kappa shape index (κ2) is 4.85. The van der Waals surface area contributed by atoms with Gasteiger partial charge in [-0.1, -0.05) is 19.3 Å². The number of hydrogen-bond acceptors (Lipinski definition) is 1. The van der Waals surface area contributed by atoms with Gasteiger partial charge in [0.2, 0.25) is 5.91 Å². The van der Waals surface area contributed by atoms with Gasteiger partial charge < -0.3 is 5.32 Å². The van der Waals surface area contributed by atoms with Crippen molar-refractivity contribution in [2.45, 2.75) is 64.3 Å². The molecule has 4 rings (SSSR count). The van der Waals surface area contributed by atoms with Gasteiger partial charge in [-0.3, -0.25) is 4.79 Å². The van der Waals surface area contributed by atoms with Crippen molar-refractivity contribution in [3.63, 3.8) is 0 Å². The molecule has 4 aliphatic carbocycles. The molecule has 2 nitrogen and oxygen atoms in total. The number of rotatable bonds is 4. The summed E-state index contributed by atoms with van der Waals surface area (Å²) in [5, 5.41) is 3.15. The van der Waals surface area contributed by atoms with Crippen LogP contribution >= 0.6 is 0 Å². The van der Waals surface area contributed by atoms with E-state index in [9.17, 15) is 4.79 Å². The van der Waals surface area contributed by atoms with E-state index < -0.39 is 0 Å². The molecule has 4 bridgehead atoms. The first-order valence-electron chi connectivity index (χ1n) is 7.92. The van der Waals surface area contributed by atoms with Gasteiger partial charge in [0.05, 0.1) is 6.04 Å². The third-order valence-electron chi connectivity index (χ3n) is 5.60. The topological polar surface area (TPSA) is 29.1 Å². The Balaban J connectivity index is 1.71. The molecule has 0 spiro atoms. The minimum absolute atomic E-state index is 0.0579. The Morgan fingerprint density at radius 3 is 2.21 bits per heavy atom. The first kappa shape index (κ1) is 13.0. The largest absolute Gasteiger partial charge is 0.342 e. The summed E-state index contributed by atoms with van der Waals surface area (Å²) in [5.74, 6) is 5.44. The summed E-state index contributed by atoms with van der Waals surface area (Å²) in [6, 6.07) is -0.0643. The number of carbonyl (C=O) groups is 1. The maximum absolute atomic E-state index is 12.7. The van der Waals surface area contributed by atoms with Crippen LogP contribution in [-0.4, -0.2) is 11.9 Å². The van der Waals surface area contributed by atoms with Crippen molar-refractivity contribution in [1.82, 2.24) is 5.32 Å². The molecule has 1 atom stereocenters. The number of nitrogens with one attached hydrogen (secondary N) is 1. The highest BCUT2D eigenvalue weighted by atomic mass is 16.2. The summed E-state index contributed by atoms with van der Waals surface area (Å²) >= 11 is 0. The van der Waals surface area contributed by atoms with Gasteiger partial charge in [-0.05, 0) is 62.7 Å². The van der Waals surface area contributed by atoms with Crippen LogP contribution in [0.3, 0.4) is 0 Å². The van der Waals surface area contributed by atoms with Crippen LogP contribution in [0.25, 0.3) is 0 Å². The van der Waals surface area contributed by atoms with Crippen LogP contribution in [0, 0.1) is 35.5 Å². The Kier molecular flexibility index (Phi) is 3.33. The second-order valence-corrected chi connectivity index (χ2v) is 7.18. The van der Waals surface area contributed by atoms with Gasteiger partial charge in [0, 0.05) is 5.41 Å². The quantitative estimate of drug-likeness (QED) is 0.772. The van der Waals surface area contributed by atoms with Gasteiger partial charge in [-0.15, -0.1) is 6.42 Å². The molecule has 104 valence electrons. The lowest BCUT2D eigenvalue weighted by Gasteiger charge is -2.55. The van der Waals surface area contributed by atoms with E-state index in [1.54, 1.807) is 0 Å². The molecule has 0 heterocycles. The predicted octanol–water partition coefficient (Wildman–Crippen LogP) is 3.12. The molecule has 0 aromatic carbocycles. The van der Waals surface area contributed by atoms with Crippen LogP contribution in [0.1, 0.15) is 58.3 Å². The molecule has 4 saturated carbocycles. The van der Waals surface area contributed by atoms with Crippen molar-refractivity contribution < 1.29 is 4.79 Å². The molecule has 19 heavy (non-hydrogen) atoms. The fourth-order valence-electron chi connectivity index (χ4n) is 5.19. The fourth-order valence-corrected chi connectivity index (χ4v) is 5.19. The summed E-state index contributed by atoms with van der Waals surface area (Å²) in [7, 11) is 0. The monoisotopic (exact) mass is 259 g/mol. The van der Waals surface area contributed by atoms with Crippen molar-refractivity contribution in [2.75, 3.05) is 0 Å². The fraction of sp³-hybridized carbons (Fsp3) is 0.824. The SMILES string of the molecule is C#CC(CCC)NC(=O)C12CC3CC(CC(C3)C1)C2. The Labute approximate surface area is 116 Å². The van der Waals surface area contributed by atoms with E-state index in [-0.39, 0.29) is 17.4 Å². The molecule has 4 aliphatic rings. The smallest absolute Gasteiger partial charge is 0.227 e. The first-order valence-corrected chi connectivity index (χ1v) is 7.92. The van der Waals surface area contributed by atoms with E-state index >= 15 is 0 Å². The van der Waals surface area contributed by atoms with E-state index in [2.05, 4.69) is 18.2 Å². The predicted molar refractivity (Wildman–Crippen MR) is 76.3 cm³/mol. The molecule has 1 unspecified atom stereocenters. The lowest BCUT2D eigenvalue weighted by Crippen LogP contribution is -2.55. The maximum Gasteiger partial charge on any atom is 0.227 e. The van der Waals surface area contributed by atoms with Gasteiger partial charge >= 0.3 is 0 Å². The van der Waals surface area contributed by atoms with E-state index in [0.717, 1.165) is 49.9 Å². The van der Waals surface area contributed by atoms with Gasteiger partial charge in [0.25, 0.3) is 0 Å². The molecular formula is C17H25NO. The summed E-state index contributed by atoms with van der Waals surface area (Å²) < 4.78 is 0. The summed E-state index contributed by atoms with van der Waals surface area (Å²) in [6.07, 6.45) is 14.9. The normalized spacial score (nSPS) is 40.7. The minimum Gasteiger partial charge on any atom is -0.342 e. The molecular weight excluding hydrogens is 234 g/mol. The van der Waals surface area contributed by atoms with Crippen LogP contribution in [0.5, 0.6) is 0 Å². The molecule has 1 amide bonds. The van der Waals surface area contributed by atoms with E-state index in [1.165, 1.54) is 19.3 Å². The van der Waals surface area contributed by atoms with Crippen molar-refractivity contribution in [3.8, 4) is 12.3 Å². The molecule has 0 aromatic rings. The Morgan fingerprint density at radius 1 is 1.26 bits per heavy atom. The van der Waals surface area contributed by atoms with Crippen molar-refractivity contribution >= 4 is 5.91 Å². The van der Waals surface area contributed by atoms with E-state index in [4.69, 9.17) is 6.42 Å². The van der Waals surface area contributed by atoms with Gasteiger partial charge in [-0.25, -0.2) is 0 Å². The van der Waals surface area contributed by atoms with Crippen molar-refractivity contribution in [2.24, 2.45) is 23.2 Å². The van der Waals surface area contributed by atoms with E-state index in [1.807, 2.05) is 0 Å². The number of carbonyl (C=O) groups excluding carboxylic acids is 1. The molecule has 0 aliphatic heterocycles. The van der Waals surface area contributed by atoms with Crippen LogP contribution < -0.4 is 5.32 Å². The van der Waals surface area contributed by atoms with Crippen molar-refractivity contribution in [3.05, 3.63) is 0 Å².